The molecule has 63 heavy (non-hydrogen) atoms. The number of hydrogen-bond acceptors (Lipinski definition) is 0. The Morgan fingerprint density at radius 3 is 0.873 bits per heavy atom. The van der Waals surface area contributed by atoms with Crippen molar-refractivity contribution in [3.63, 3.8) is 0 Å². The minimum absolute atomic E-state index is 0.223. The van der Waals surface area contributed by atoms with Crippen LogP contribution in [-0.4, -0.2) is 0 Å². The first-order valence-electron chi connectivity index (χ1n) is 22.2. The Hall–Kier alpha value is -7.80. The maximum absolute atomic E-state index is 2.50. The zero-order valence-corrected chi connectivity index (χ0v) is 35.3. The average molecular weight is 799 g/mol. The molecule has 0 saturated heterocycles. The van der Waals surface area contributed by atoms with Gasteiger partial charge in [0, 0.05) is 5.41 Å². The van der Waals surface area contributed by atoms with Crippen molar-refractivity contribution in [1.29, 1.82) is 0 Å². The van der Waals surface area contributed by atoms with Crippen molar-refractivity contribution in [2.45, 2.75) is 19.3 Å². The van der Waals surface area contributed by atoms with E-state index in [1.807, 2.05) is 0 Å². The van der Waals surface area contributed by atoms with E-state index in [9.17, 15) is 0 Å². The van der Waals surface area contributed by atoms with Gasteiger partial charge < -0.3 is 0 Å². The summed E-state index contributed by atoms with van der Waals surface area (Å²) >= 11 is 0. The van der Waals surface area contributed by atoms with E-state index in [-0.39, 0.29) is 5.41 Å². The van der Waals surface area contributed by atoms with Crippen molar-refractivity contribution in [2.24, 2.45) is 0 Å². The van der Waals surface area contributed by atoms with Crippen LogP contribution in [0.3, 0.4) is 0 Å². The summed E-state index contributed by atoms with van der Waals surface area (Å²) in [7, 11) is 0. The second kappa shape index (κ2) is 13.6. The number of hydrogen-bond donors (Lipinski definition) is 0. The lowest BCUT2D eigenvalue weighted by atomic mass is 9.79. The van der Waals surface area contributed by atoms with Gasteiger partial charge in [-0.05, 0) is 144 Å². The van der Waals surface area contributed by atoms with Gasteiger partial charge in [-0.1, -0.05) is 220 Å². The van der Waals surface area contributed by atoms with E-state index in [0.29, 0.717) is 0 Å². The van der Waals surface area contributed by atoms with Crippen molar-refractivity contribution < 1.29 is 0 Å². The topological polar surface area (TPSA) is 0 Å². The predicted molar refractivity (Wildman–Crippen MR) is 271 cm³/mol. The molecule has 0 nitrogen and oxygen atoms in total. The molecule has 1 aliphatic rings. The third-order valence-electron chi connectivity index (χ3n) is 14.2. The van der Waals surface area contributed by atoms with E-state index in [1.54, 1.807) is 0 Å². The zero-order valence-electron chi connectivity index (χ0n) is 35.3. The molecule has 0 heteroatoms. The van der Waals surface area contributed by atoms with Crippen molar-refractivity contribution in [2.75, 3.05) is 0 Å². The minimum Gasteiger partial charge on any atom is -0.0616 e. The summed E-state index contributed by atoms with van der Waals surface area (Å²) in [6, 6.07) is 81.7. The first-order chi connectivity index (χ1) is 31.0. The van der Waals surface area contributed by atoms with Crippen LogP contribution in [-0.2, 0) is 5.41 Å². The molecule has 0 amide bonds. The molecule has 0 spiro atoms. The van der Waals surface area contributed by atoms with E-state index in [1.165, 1.54) is 131 Å². The second-order valence-corrected chi connectivity index (χ2v) is 17.9. The van der Waals surface area contributed by atoms with E-state index in [0.717, 1.165) is 0 Å². The van der Waals surface area contributed by atoms with Gasteiger partial charge in [-0.15, -0.1) is 0 Å². The van der Waals surface area contributed by atoms with Crippen LogP contribution >= 0.6 is 0 Å². The molecule has 0 radical (unpaired) electrons. The van der Waals surface area contributed by atoms with E-state index in [2.05, 4.69) is 232 Å². The Balaban J connectivity index is 0.992. The Bertz CT molecular complexity index is 3500. The SMILES string of the molecule is CC1(C)c2cc(-c3c4ccccc4c(-c4cccc5ccccc45)c4ccccc34)ccc2-c2ccc(-c3c4ccccc4c(-c4cccc5ccccc45)c4ccccc34)cc21. The fraction of sp³-hybridized carbons (Fsp3) is 0.0476. The number of rotatable bonds is 4. The molecule has 12 aromatic carbocycles. The third-order valence-corrected chi connectivity index (χ3v) is 14.2. The molecule has 12 aromatic rings. The molecule has 0 unspecified atom stereocenters. The second-order valence-electron chi connectivity index (χ2n) is 17.9. The molecule has 0 atom stereocenters. The van der Waals surface area contributed by atoms with Gasteiger partial charge in [0.15, 0.2) is 0 Å². The van der Waals surface area contributed by atoms with Gasteiger partial charge in [0.1, 0.15) is 0 Å². The molecular weight excluding hydrogens is 757 g/mol. The van der Waals surface area contributed by atoms with Gasteiger partial charge in [0.2, 0.25) is 0 Å². The van der Waals surface area contributed by atoms with Crippen molar-refractivity contribution in [1.82, 2.24) is 0 Å². The average Bonchev–Trinajstić information content (AvgIpc) is 3.56. The molecule has 0 N–H and O–H groups in total. The highest BCUT2D eigenvalue weighted by Gasteiger charge is 2.36. The lowest BCUT2D eigenvalue weighted by Gasteiger charge is -2.24. The summed E-state index contributed by atoms with van der Waals surface area (Å²) in [4.78, 5) is 0. The van der Waals surface area contributed by atoms with Gasteiger partial charge in [-0.3, -0.25) is 0 Å². The Kier molecular flexibility index (Phi) is 7.75. The lowest BCUT2D eigenvalue weighted by molar-refractivity contribution is 0.661. The molecule has 1 aliphatic carbocycles. The quantitative estimate of drug-likeness (QED) is 0.156. The Morgan fingerprint density at radius 2 is 0.524 bits per heavy atom. The zero-order chi connectivity index (χ0) is 41.8. The van der Waals surface area contributed by atoms with Crippen LogP contribution in [0.25, 0.3) is 120 Å². The fourth-order valence-corrected chi connectivity index (χ4v) is 11.4. The van der Waals surface area contributed by atoms with E-state index in [4.69, 9.17) is 0 Å². The predicted octanol–water partition coefficient (Wildman–Crippen LogP) is 17.6. The Morgan fingerprint density at radius 1 is 0.238 bits per heavy atom. The highest BCUT2D eigenvalue weighted by atomic mass is 14.4. The van der Waals surface area contributed by atoms with Crippen LogP contribution in [0.1, 0.15) is 25.0 Å². The van der Waals surface area contributed by atoms with Crippen molar-refractivity contribution in [3.8, 4) is 55.6 Å². The molecule has 294 valence electrons. The smallest absolute Gasteiger partial charge is 0.0159 e. The van der Waals surface area contributed by atoms with Crippen molar-refractivity contribution in [3.05, 3.63) is 230 Å². The first kappa shape index (κ1) is 35.9. The van der Waals surface area contributed by atoms with Crippen LogP contribution in [0.5, 0.6) is 0 Å². The number of fused-ring (bicyclic) bond motifs is 9. The molecule has 0 fully saturated rings. The fourth-order valence-electron chi connectivity index (χ4n) is 11.4. The normalized spacial score (nSPS) is 13.0. The van der Waals surface area contributed by atoms with Crippen LogP contribution in [0, 0.1) is 0 Å². The van der Waals surface area contributed by atoms with Gasteiger partial charge in [0.05, 0.1) is 0 Å². The van der Waals surface area contributed by atoms with Crippen LogP contribution in [0.15, 0.2) is 218 Å². The van der Waals surface area contributed by atoms with Gasteiger partial charge in [0.25, 0.3) is 0 Å². The standard InChI is InChI=1S/C63H42/c1-63(2)57-37-41(59-49-23-7-11-27-53(49)61(54-28-12-8-24-50(54)59)47-31-15-19-39-17-3-5-21-43(39)47)33-35-45(57)46-36-34-42(38-58(46)63)60-51-25-9-13-29-55(51)62(56-30-14-10-26-52(56)60)48-32-16-20-40-18-4-6-22-44(40)48/h3-38H,1-2H3. The molecule has 13 rings (SSSR count). The maximum atomic E-state index is 2.50. The van der Waals surface area contributed by atoms with Crippen LogP contribution in [0.2, 0.25) is 0 Å². The molecule has 0 aliphatic heterocycles. The summed E-state index contributed by atoms with van der Waals surface area (Å²) in [5.41, 5.74) is 15.4. The van der Waals surface area contributed by atoms with Gasteiger partial charge in [-0.25, -0.2) is 0 Å². The molecular formula is C63H42. The molecule has 0 bridgehead atoms. The summed E-state index contributed by atoms with van der Waals surface area (Å²) in [6.45, 7) is 4.84. The highest BCUT2D eigenvalue weighted by molar-refractivity contribution is 6.25. The van der Waals surface area contributed by atoms with Crippen molar-refractivity contribution >= 4 is 64.6 Å². The van der Waals surface area contributed by atoms with Gasteiger partial charge >= 0.3 is 0 Å². The summed E-state index contributed by atoms with van der Waals surface area (Å²) < 4.78 is 0. The molecule has 0 aromatic heterocycles. The molecule has 0 saturated carbocycles. The Labute approximate surface area is 367 Å². The monoisotopic (exact) mass is 798 g/mol. The van der Waals surface area contributed by atoms with Crippen LogP contribution < -0.4 is 0 Å². The summed E-state index contributed by atoms with van der Waals surface area (Å²) in [5.74, 6) is 0. The lowest BCUT2D eigenvalue weighted by Crippen LogP contribution is -2.15. The largest absolute Gasteiger partial charge is 0.0616 e. The number of benzene rings is 12. The third kappa shape index (κ3) is 5.22. The minimum atomic E-state index is -0.223. The van der Waals surface area contributed by atoms with E-state index < -0.39 is 0 Å². The molecule has 0 heterocycles. The van der Waals surface area contributed by atoms with Crippen LogP contribution in [0.4, 0.5) is 0 Å². The first-order valence-corrected chi connectivity index (χ1v) is 22.2. The van der Waals surface area contributed by atoms with Gasteiger partial charge in [-0.2, -0.15) is 0 Å². The highest BCUT2D eigenvalue weighted by Crippen LogP contribution is 2.54. The summed E-state index contributed by atoms with van der Waals surface area (Å²) in [6.07, 6.45) is 0. The van der Waals surface area contributed by atoms with E-state index >= 15 is 0 Å². The maximum Gasteiger partial charge on any atom is 0.0159 e. The summed E-state index contributed by atoms with van der Waals surface area (Å²) in [5, 5.41) is 15.3.